The van der Waals surface area contributed by atoms with Crippen LogP contribution in [0.4, 0.5) is 16.2 Å². The number of nitrogens with one attached hydrogen (secondary N) is 3. The van der Waals surface area contributed by atoms with Gasteiger partial charge < -0.3 is 39.4 Å². The minimum absolute atomic E-state index is 0.0835. The van der Waals surface area contributed by atoms with Gasteiger partial charge in [0.25, 0.3) is 11.7 Å². The van der Waals surface area contributed by atoms with E-state index in [0.717, 1.165) is 5.57 Å². The number of esters is 1. The molecule has 15 nitrogen and oxygen atoms in total. The number of phenolic OH excluding ortho intramolecular Hbond substituents is 1. The Morgan fingerprint density at radius 2 is 1.73 bits per heavy atom. The summed E-state index contributed by atoms with van der Waals surface area (Å²) in [5, 5.41) is 13.2. The maximum atomic E-state index is 14.3. The van der Waals surface area contributed by atoms with Gasteiger partial charge in [-0.15, -0.1) is 0 Å². The third kappa shape index (κ3) is 9.78. The average Bonchev–Trinajstić information content (AvgIpc) is 3.50. The number of rotatable bonds is 15. The number of amides is 3. The van der Waals surface area contributed by atoms with Crippen molar-refractivity contribution in [2.24, 2.45) is 5.92 Å². The SMILES string of the molecule is C=CCOC(=O)C(=O)[C@@H](NC(=O)[C@H](C)NNc1ccc(COC(=O)N2c3cc(O)c(OC)cc3C(=O)N3C=C(C)C[C@H]3[C@@H]2O[Si](C)(C)C(C)(C)C)cc1)C(C)C. The first-order chi connectivity index (χ1) is 26.2. The van der Waals surface area contributed by atoms with E-state index in [9.17, 15) is 29.1 Å². The van der Waals surface area contributed by atoms with Gasteiger partial charge in [0.2, 0.25) is 5.91 Å². The molecule has 0 unspecified atom stereocenters. The number of aromatic hydroxyl groups is 1. The number of hydrogen-bond acceptors (Lipinski definition) is 12. The Hall–Kier alpha value is -5.19. The Bertz CT molecular complexity index is 1860. The fourth-order valence-corrected chi connectivity index (χ4v) is 7.14. The van der Waals surface area contributed by atoms with Crippen molar-refractivity contribution in [1.29, 1.82) is 0 Å². The zero-order valence-electron chi connectivity index (χ0n) is 33.8. The van der Waals surface area contributed by atoms with E-state index < -0.39 is 56.4 Å². The number of fused-ring (bicyclic) bond motifs is 2. The van der Waals surface area contributed by atoms with Crippen molar-refractivity contribution < 1.29 is 47.7 Å². The minimum Gasteiger partial charge on any atom is -0.504 e. The second kappa shape index (κ2) is 17.7. The smallest absolute Gasteiger partial charge is 0.416 e. The Kier molecular flexibility index (Phi) is 13.8. The van der Waals surface area contributed by atoms with Gasteiger partial charge in [-0.3, -0.25) is 14.4 Å². The lowest BCUT2D eigenvalue weighted by molar-refractivity contribution is -0.154. The molecule has 2 aliphatic rings. The number of ether oxygens (including phenoxy) is 3. The summed E-state index contributed by atoms with van der Waals surface area (Å²) in [6.07, 6.45) is 1.88. The van der Waals surface area contributed by atoms with Gasteiger partial charge in [-0.25, -0.2) is 19.9 Å². The van der Waals surface area contributed by atoms with Crippen LogP contribution in [-0.4, -0.2) is 86.1 Å². The van der Waals surface area contributed by atoms with Crippen LogP contribution in [0.25, 0.3) is 0 Å². The molecule has 0 saturated heterocycles. The molecule has 56 heavy (non-hydrogen) atoms. The van der Waals surface area contributed by atoms with Gasteiger partial charge in [0.05, 0.1) is 24.4 Å². The van der Waals surface area contributed by atoms with E-state index in [1.807, 2.05) is 6.92 Å². The van der Waals surface area contributed by atoms with Crippen molar-refractivity contribution in [3.8, 4) is 11.5 Å². The van der Waals surface area contributed by atoms with E-state index in [1.54, 1.807) is 56.1 Å². The molecule has 3 amide bonds. The molecule has 0 saturated carbocycles. The van der Waals surface area contributed by atoms with Gasteiger partial charge in [-0.2, -0.15) is 0 Å². The minimum atomic E-state index is -2.58. The largest absolute Gasteiger partial charge is 0.504 e. The summed E-state index contributed by atoms with van der Waals surface area (Å²) in [7, 11) is -1.19. The Morgan fingerprint density at radius 1 is 1.07 bits per heavy atom. The van der Waals surface area contributed by atoms with Crippen molar-refractivity contribution in [3.05, 3.63) is 72.0 Å². The summed E-state index contributed by atoms with van der Waals surface area (Å²) >= 11 is 0. The molecule has 16 heteroatoms. The number of Topliss-reactive ketones (excluding diaryl/α,β-unsaturated/α-hetero) is 1. The molecule has 0 aromatic heterocycles. The molecule has 0 aliphatic carbocycles. The monoisotopic (exact) mass is 793 g/mol. The molecule has 304 valence electrons. The summed E-state index contributed by atoms with van der Waals surface area (Å²) < 4.78 is 23.0. The maximum Gasteiger partial charge on any atom is 0.416 e. The van der Waals surface area contributed by atoms with Crippen molar-refractivity contribution in [3.63, 3.8) is 0 Å². The van der Waals surface area contributed by atoms with Gasteiger partial charge in [0.15, 0.2) is 26.0 Å². The predicted molar refractivity (Wildman–Crippen MR) is 213 cm³/mol. The molecule has 2 aromatic rings. The van der Waals surface area contributed by atoms with Crippen LogP contribution < -0.4 is 25.8 Å². The van der Waals surface area contributed by atoms with E-state index in [4.69, 9.17) is 18.6 Å². The van der Waals surface area contributed by atoms with E-state index in [1.165, 1.54) is 30.2 Å². The van der Waals surface area contributed by atoms with Crippen LogP contribution in [0.2, 0.25) is 18.1 Å². The van der Waals surface area contributed by atoms with Crippen LogP contribution in [0.3, 0.4) is 0 Å². The summed E-state index contributed by atoms with van der Waals surface area (Å²) in [6.45, 7) is 20.5. The standard InChI is InChI=1S/C40H55N5O10Si/c1-12-17-53-38(50)34(47)33(23(2)3)41-35(48)25(5)42-43-27-15-13-26(14-16-27)22-54-39(51)45-29-20-31(46)32(52-9)19-28(29)36(49)44-21-24(4)18-30(44)37(45)55-56(10,11)40(6,7)8/h12-16,19-21,23,25,30,33,37,42-43,46H,1,17-18,22H2,2-11H3,(H,41,48)/t25-,30-,33-,37-/m0/s1. The molecule has 4 N–H and O–H groups in total. The number of ketones is 1. The lowest BCUT2D eigenvalue weighted by Crippen LogP contribution is -2.57. The van der Waals surface area contributed by atoms with E-state index in [0.29, 0.717) is 17.7 Å². The molecule has 4 atom stereocenters. The fourth-order valence-electron chi connectivity index (χ4n) is 5.92. The van der Waals surface area contributed by atoms with Crippen LogP contribution in [0, 0.1) is 5.92 Å². The Balaban J connectivity index is 1.50. The van der Waals surface area contributed by atoms with Crippen LogP contribution in [0.15, 0.2) is 60.8 Å². The number of methoxy groups -OCH3 is 1. The number of hydrogen-bond donors (Lipinski definition) is 4. The van der Waals surface area contributed by atoms with Gasteiger partial charge in [-0.1, -0.05) is 65.0 Å². The highest BCUT2D eigenvalue weighted by molar-refractivity contribution is 6.74. The van der Waals surface area contributed by atoms with Gasteiger partial charge >= 0.3 is 12.1 Å². The van der Waals surface area contributed by atoms with Crippen molar-refractivity contribution in [2.75, 3.05) is 24.0 Å². The average molecular weight is 794 g/mol. The Morgan fingerprint density at radius 3 is 2.32 bits per heavy atom. The predicted octanol–water partition coefficient (Wildman–Crippen LogP) is 5.77. The number of hydrazine groups is 1. The molecule has 4 rings (SSSR count). The molecule has 0 fully saturated rings. The van der Waals surface area contributed by atoms with E-state index >= 15 is 0 Å². The first-order valence-electron chi connectivity index (χ1n) is 18.5. The number of carbonyl (C=O) groups excluding carboxylic acids is 5. The number of nitrogens with zero attached hydrogens (tertiary/aromatic N) is 2. The number of benzene rings is 2. The number of phenols is 1. The molecule has 2 aliphatic heterocycles. The van der Waals surface area contributed by atoms with Crippen molar-refractivity contribution >= 4 is 49.4 Å². The lowest BCUT2D eigenvalue weighted by atomic mass is 9.99. The topological polar surface area (TPSA) is 185 Å². The van der Waals surface area contributed by atoms with Gasteiger partial charge in [-0.05, 0) is 68.1 Å². The zero-order chi connectivity index (χ0) is 41.7. The quantitative estimate of drug-likeness (QED) is 0.0562. The van der Waals surface area contributed by atoms with E-state index in [-0.39, 0.29) is 52.8 Å². The molecule has 2 aromatic carbocycles. The first-order valence-corrected chi connectivity index (χ1v) is 21.4. The van der Waals surface area contributed by atoms with Crippen molar-refractivity contribution in [2.45, 2.75) is 104 Å². The lowest BCUT2D eigenvalue weighted by Gasteiger charge is -2.44. The summed E-state index contributed by atoms with van der Waals surface area (Å²) in [5.74, 6) is -3.32. The summed E-state index contributed by atoms with van der Waals surface area (Å²) in [4.78, 5) is 68.9. The van der Waals surface area contributed by atoms with Crippen LogP contribution in [0.1, 0.15) is 70.8 Å². The van der Waals surface area contributed by atoms with Crippen molar-refractivity contribution in [1.82, 2.24) is 15.6 Å². The molecule has 2 heterocycles. The van der Waals surface area contributed by atoms with Crippen LogP contribution >= 0.6 is 0 Å². The van der Waals surface area contributed by atoms with Crippen LogP contribution in [0.5, 0.6) is 11.5 Å². The highest BCUT2D eigenvalue weighted by Crippen LogP contribution is 2.45. The normalized spacial score (nSPS) is 17.8. The number of carbonyl (C=O) groups is 5. The highest BCUT2D eigenvalue weighted by atomic mass is 28.4. The van der Waals surface area contributed by atoms with E-state index in [2.05, 4.69) is 56.6 Å². The summed E-state index contributed by atoms with van der Waals surface area (Å²) in [6, 6.07) is 7.22. The molecular formula is C40H55N5O10Si. The summed E-state index contributed by atoms with van der Waals surface area (Å²) in [5.41, 5.74) is 8.29. The second-order valence-corrected chi connectivity index (χ2v) is 20.6. The molecule has 0 spiro atoms. The molecule has 0 radical (unpaired) electrons. The second-order valence-electron chi connectivity index (χ2n) is 15.9. The number of anilines is 2. The molecule has 0 bridgehead atoms. The van der Waals surface area contributed by atoms with Gasteiger partial charge in [0, 0.05) is 18.0 Å². The van der Waals surface area contributed by atoms with Gasteiger partial charge in [0.1, 0.15) is 25.3 Å². The highest BCUT2D eigenvalue weighted by Gasteiger charge is 2.50. The van der Waals surface area contributed by atoms with Crippen LogP contribution in [-0.2, 0) is 34.9 Å². The Labute approximate surface area is 329 Å². The first kappa shape index (κ1) is 43.5. The molecular weight excluding hydrogens is 739 g/mol. The zero-order valence-corrected chi connectivity index (χ0v) is 34.8. The third-order valence-corrected chi connectivity index (χ3v) is 14.6. The fraction of sp³-hybridized carbons (Fsp3) is 0.475. The third-order valence-electron chi connectivity index (χ3n) is 10.2. The maximum absolute atomic E-state index is 14.3.